The number of rotatable bonds is 6. The van der Waals surface area contributed by atoms with Gasteiger partial charge in [-0.1, -0.05) is 31.7 Å². The number of nitrogens with zero attached hydrogens (tertiary/aromatic N) is 2. The predicted octanol–water partition coefficient (Wildman–Crippen LogP) is 0.433. The van der Waals surface area contributed by atoms with E-state index in [1.54, 1.807) is 36.4 Å². The van der Waals surface area contributed by atoms with Crippen molar-refractivity contribution in [1.29, 1.82) is 0 Å². The number of ketones is 1. The summed E-state index contributed by atoms with van der Waals surface area (Å²) in [6.07, 6.45) is 4.53. The summed E-state index contributed by atoms with van der Waals surface area (Å²) in [5.74, 6) is -0.357. The Morgan fingerprint density at radius 3 is 2.39 bits per heavy atom. The number of carbonyl (C=O) groups excluding carboxylic acids is 2. The molecule has 0 spiro atoms. The van der Waals surface area contributed by atoms with Gasteiger partial charge in [0.05, 0.1) is 17.7 Å². The number of carboxylic acids is 1. The van der Waals surface area contributed by atoms with E-state index in [0.29, 0.717) is 53.3 Å². The molecule has 1 aliphatic carbocycles. The molecule has 0 atom stereocenters. The fourth-order valence-corrected chi connectivity index (χ4v) is 5.04. The summed E-state index contributed by atoms with van der Waals surface area (Å²) < 4.78 is 19.6. The van der Waals surface area contributed by atoms with Gasteiger partial charge in [-0.05, 0) is 48.2 Å². The second-order valence-electron chi connectivity index (χ2n) is 8.15. The Hall–Kier alpha value is -2.26. The van der Waals surface area contributed by atoms with Crippen molar-refractivity contribution >= 4 is 40.1 Å². The number of aliphatic carboxylic acids is 1. The van der Waals surface area contributed by atoms with Crippen LogP contribution in [0.25, 0.3) is 16.6 Å². The normalized spacial score (nSPS) is 16.2. The SMILES string of the molecule is O=C([O-])C(=C(CC1CCCC1)C(=O)c1ccc2c(c1)OCCO2)c1ccc2nsnc2c1.[Na+]. The van der Waals surface area contributed by atoms with Crippen LogP contribution in [-0.2, 0) is 4.79 Å². The topological polar surface area (TPSA) is 101 Å². The van der Waals surface area contributed by atoms with Gasteiger partial charge in [-0.2, -0.15) is 8.75 Å². The first kappa shape index (κ1) is 23.9. The van der Waals surface area contributed by atoms with Gasteiger partial charge in [0.1, 0.15) is 24.2 Å². The molecule has 1 fully saturated rings. The van der Waals surface area contributed by atoms with Crippen LogP contribution < -0.4 is 44.1 Å². The van der Waals surface area contributed by atoms with Gasteiger partial charge in [0, 0.05) is 16.7 Å². The number of fused-ring (bicyclic) bond motifs is 2. The summed E-state index contributed by atoms with van der Waals surface area (Å²) in [7, 11) is 0. The van der Waals surface area contributed by atoms with Gasteiger partial charge in [0.25, 0.3) is 0 Å². The molecule has 3 aromatic rings. The second kappa shape index (κ2) is 10.3. The van der Waals surface area contributed by atoms with Gasteiger partial charge in [-0.15, -0.1) is 0 Å². The van der Waals surface area contributed by atoms with Crippen LogP contribution in [0, 0.1) is 5.92 Å². The summed E-state index contributed by atoms with van der Waals surface area (Å²) in [6.45, 7) is 0.858. The van der Waals surface area contributed by atoms with Gasteiger partial charge < -0.3 is 19.4 Å². The van der Waals surface area contributed by atoms with E-state index in [4.69, 9.17) is 9.47 Å². The fourth-order valence-electron chi connectivity index (χ4n) is 4.52. The number of carbonyl (C=O) groups is 2. The van der Waals surface area contributed by atoms with Crippen LogP contribution in [-0.4, -0.2) is 33.7 Å². The summed E-state index contributed by atoms with van der Waals surface area (Å²) in [5.41, 5.74) is 2.24. The van der Waals surface area contributed by atoms with Crippen molar-refractivity contribution < 1.29 is 53.7 Å². The Labute approximate surface area is 217 Å². The average Bonchev–Trinajstić information content (AvgIpc) is 3.49. The molecular weight excluding hydrogens is 451 g/mol. The number of benzene rings is 2. The van der Waals surface area contributed by atoms with Crippen LogP contribution in [0.4, 0.5) is 0 Å². The Bertz CT molecular complexity index is 1230. The van der Waals surface area contributed by atoms with Gasteiger partial charge in [-0.3, -0.25) is 4.79 Å². The summed E-state index contributed by atoms with van der Waals surface area (Å²) in [4.78, 5) is 26.0. The number of allylic oxidation sites excluding steroid dienone is 1. The first-order chi connectivity index (χ1) is 15.6. The molecule has 0 amide bonds. The third-order valence-electron chi connectivity index (χ3n) is 6.09. The van der Waals surface area contributed by atoms with Crippen molar-refractivity contribution in [2.75, 3.05) is 13.2 Å². The maximum absolute atomic E-state index is 13.7. The molecule has 164 valence electrons. The van der Waals surface area contributed by atoms with E-state index in [1.165, 1.54) is 0 Å². The zero-order valence-electron chi connectivity index (χ0n) is 18.3. The predicted molar refractivity (Wildman–Crippen MR) is 118 cm³/mol. The number of hydrogen-bond donors (Lipinski definition) is 0. The number of Topliss-reactive ketones (excluding diaryl/α,β-unsaturated/α-hetero) is 1. The minimum absolute atomic E-state index is 0. The van der Waals surface area contributed by atoms with Crippen LogP contribution in [0.3, 0.4) is 0 Å². The first-order valence-electron chi connectivity index (χ1n) is 10.7. The number of hydrogen-bond acceptors (Lipinski definition) is 8. The van der Waals surface area contributed by atoms with Crippen molar-refractivity contribution in [1.82, 2.24) is 8.75 Å². The molecule has 2 aliphatic rings. The van der Waals surface area contributed by atoms with Crippen LogP contribution in [0.2, 0.25) is 0 Å². The van der Waals surface area contributed by atoms with E-state index in [1.807, 2.05) is 0 Å². The minimum Gasteiger partial charge on any atom is -0.545 e. The number of carboxylic acid groups (broad SMARTS) is 1. The van der Waals surface area contributed by atoms with E-state index < -0.39 is 5.97 Å². The third kappa shape index (κ3) is 4.99. The van der Waals surface area contributed by atoms with Crippen LogP contribution in [0.1, 0.15) is 48.0 Å². The molecule has 5 rings (SSSR count). The van der Waals surface area contributed by atoms with E-state index in [9.17, 15) is 14.7 Å². The standard InChI is InChI=1S/C24H22N2O5S.Na/c27-23(16-6-8-20-21(13-16)31-10-9-30-20)17(11-14-3-1-2-4-14)22(24(28)29)15-5-7-18-19(12-15)26-32-25-18;/h5-8,12-14H,1-4,9-11H2,(H,28,29);/q;+1/p-1. The minimum atomic E-state index is -1.37. The van der Waals surface area contributed by atoms with E-state index >= 15 is 0 Å². The van der Waals surface area contributed by atoms with Crippen molar-refractivity contribution in [3.8, 4) is 11.5 Å². The van der Waals surface area contributed by atoms with E-state index in [-0.39, 0.29) is 52.4 Å². The van der Waals surface area contributed by atoms with Gasteiger partial charge in [0.2, 0.25) is 0 Å². The smallest absolute Gasteiger partial charge is 0.545 e. The fraction of sp³-hybridized carbons (Fsp3) is 0.333. The molecule has 2 heterocycles. The average molecular weight is 472 g/mol. The molecule has 2 aromatic carbocycles. The summed E-state index contributed by atoms with van der Waals surface area (Å²) in [5, 5.41) is 12.4. The molecule has 1 saturated carbocycles. The molecule has 9 heteroatoms. The molecule has 7 nitrogen and oxygen atoms in total. The maximum atomic E-state index is 13.7. The van der Waals surface area contributed by atoms with Gasteiger partial charge in [0.15, 0.2) is 17.3 Å². The van der Waals surface area contributed by atoms with E-state index in [2.05, 4.69) is 8.75 Å². The maximum Gasteiger partial charge on any atom is 1.00 e. The second-order valence-corrected chi connectivity index (χ2v) is 8.68. The van der Waals surface area contributed by atoms with Crippen molar-refractivity contribution in [2.45, 2.75) is 32.1 Å². The Morgan fingerprint density at radius 1 is 0.939 bits per heavy atom. The Morgan fingerprint density at radius 2 is 1.64 bits per heavy atom. The quantitative estimate of drug-likeness (QED) is 0.291. The van der Waals surface area contributed by atoms with Gasteiger partial charge in [-0.25, -0.2) is 0 Å². The molecule has 1 aliphatic heterocycles. The summed E-state index contributed by atoms with van der Waals surface area (Å²) >= 11 is 1.06. The Balaban J connectivity index is 0.00000259. The zero-order chi connectivity index (χ0) is 22.1. The third-order valence-corrected chi connectivity index (χ3v) is 6.65. The van der Waals surface area contributed by atoms with Crippen molar-refractivity contribution in [2.24, 2.45) is 5.92 Å². The largest absolute Gasteiger partial charge is 1.00 e. The molecule has 33 heavy (non-hydrogen) atoms. The number of ether oxygens (including phenoxy) is 2. The van der Waals surface area contributed by atoms with Crippen LogP contribution >= 0.6 is 11.7 Å². The molecule has 0 bridgehead atoms. The molecule has 0 N–H and O–H groups in total. The summed E-state index contributed by atoms with van der Waals surface area (Å²) in [6, 6.07) is 10.0. The van der Waals surface area contributed by atoms with Crippen molar-refractivity contribution in [3.05, 3.63) is 53.1 Å². The molecule has 1 aromatic heterocycles. The molecule has 0 radical (unpaired) electrons. The van der Waals surface area contributed by atoms with Gasteiger partial charge >= 0.3 is 29.6 Å². The van der Waals surface area contributed by atoms with Crippen LogP contribution in [0.15, 0.2) is 42.0 Å². The molecular formula is C24H21N2NaO5S. The van der Waals surface area contributed by atoms with Crippen molar-refractivity contribution in [3.63, 3.8) is 0 Å². The Kier molecular flexibility index (Phi) is 7.48. The monoisotopic (exact) mass is 472 g/mol. The first-order valence-corrected chi connectivity index (χ1v) is 11.4. The molecule has 0 saturated heterocycles. The zero-order valence-corrected chi connectivity index (χ0v) is 21.2. The van der Waals surface area contributed by atoms with E-state index in [0.717, 1.165) is 37.4 Å². The number of aromatic nitrogens is 2. The van der Waals surface area contributed by atoms with Crippen LogP contribution in [0.5, 0.6) is 11.5 Å². The molecule has 0 unspecified atom stereocenters.